The molecule has 0 aliphatic carbocycles. The zero-order chi connectivity index (χ0) is 23.1. The van der Waals surface area contributed by atoms with Crippen LogP contribution in [0.1, 0.15) is 41.3 Å². The van der Waals surface area contributed by atoms with Crippen molar-refractivity contribution in [2.45, 2.75) is 24.9 Å². The van der Waals surface area contributed by atoms with E-state index in [0.717, 1.165) is 36.6 Å². The Balaban J connectivity index is 1.63. The topological polar surface area (TPSA) is 82.5 Å². The first-order valence-corrected chi connectivity index (χ1v) is 9.99. The lowest BCUT2D eigenvalue weighted by molar-refractivity contribution is -0.137. The molecule has 2 amide bonds. The highest BCUT2D eigenvalue weighted by Gasteiger charge is 2.31. The third kappa shape index (κ3) is 6.27. The van der Waals surface area contributed by atoms with Crippen molar-refractivity contribution >= 4 is 24.0 Å². The number of likely N-dealkylation sites (tertiary alicyclic amines) is 1. The van der Waals surface area contributed by atoms with Gasteiger partial charge in [0, 0.05) is 31.2 Å². The molecule has 2 N–H and O–H groups in total. The van der Waals surface area contributed by atoms with E-state index in [-0.39, 0.29) is 11.8 Å². The number of hydrogen-bond acceptors (Lipinski definition) is 4. The van der Waals surface area contributed by atoms with Crippen LogP contribution in [0, 0.1) is 0 Å². The first-order valence-electron chi connectivity index (χ1n) is 9.99. The molecule has 1 aliphatic rings. The molecule has 32 heavy (non-hydrogen) atoms. The van der Waals surface area contributed by atoms with E-state index in [2.05, 4.69) is 4.98 Å². The van der Waals surface area contributed by atoms with Gasteiger partial charge in [-0.25, -0.2) is 10.5 Å². The number of amides is 2. The van der Waals surface area contributed by atoms with E-state index in [4.69, 9.17) is 5.21 Å². The van der Waals surface area contributed by atoms with Crippen LogP contribution in [-0.4, -0.2) is 40.0 Å². The lowest BCUT2D eigenvalue weighted by atomic mass is 9.90. The Morgan fingerprint density at radius 2 is 1.72 bits per heavy atom. The molecule has 1 aromatic carbocycles. The number of nitrogens with one attached hydrogen (secondary N) is 1. The average Bonchev–Trinajstić information content (AvgIpc) is 2.81. The molecular formula is C23H22F3N3O3. The summed E-state index contributed by atoms with van der Waals surface area (Å²) >= 11 is 0. The summed E-state index contributed by atoms with van der Waals surface area (Å²) in [5.74, 6) is -0.910. The van der Waals surface area contributed by atoms with Gasteiger partial charge >= 0.3 is 6.18 Å². The third-order valence-corrected chi connectivity index (χ3v) is 5.15. The number of nitrogens with zero attached hydrogens (tertiary/aromatic N) is 2. The van der Waals surface area contributed by atoms with Gasteiger partial charge in [0.15, 0.2) is 0 Å². The minimum atomic E-state index is -4.37. The number of hydrogen-bond donors (Lipinski definition) is 2. The Labute approximate surface area is 183 Å². The van der Waals surface area contributed by atoms with Gasteiger partial charge in [-0.3, -0.25) is 14.8 Å². The van der Waals surface area contributed by atoms with Crippen LogP contribution in [0.25, 0.3) is 12.2 Å². The summed E-state index contributed by atoms with van der Waals surface area (Å²) in [6, 6.07) is 10.2. The number of benzene rings is 1. The van der Waals surface area contributed by atoms with E-state index in [0.29, 0.717) is 24.5 Å². The molecule has 168 valence electrons. The maximum atomic E-state index is 12.8. The lowest BCUT2D eigenvalue weighted by Gasteiger charge is -2.32. The van der Waals surface area contributed by atoms with E-state index in [1.807, 2.05) is 0 Å². The standard InChI is InChI=1S/C23H22F3N3O3/c24-23(25,26)18-8-6-16(7-9-18)17-3-2-14-29(15-17)22(31)13-11-20-5-1-4-19(27-20)10-12-21(30)28-32/h1,4-13,17,32H,2-3,14-15H2,(H,28,30). The SMILES string of the molecule is O=C(C=Cc1cccc(C=CC(=O)N2CCCC(c3ccc(C(F)(F)F)cc3)C2)n1)NO. The van der Waals surface area contributed by atoms with Gasteiger partial charge in [-0.05, 0) is 54.8 Å². The van der Waals surface area contributed by atoms with E-state index in [1.165, 1.54) is 29.8 Å². The summed E-state index contributed by atoms with van der Waals surface area (Å²) in [5.41, 5.74) is 2.57. The molecule has 2 aromatic rings. The molecule has 6 nitrogen and oxygen atoms in total. The number of halogens is 3. The fourth-order valence-electron chi connectivity index (χ4n) is 3.51. The molecule has 9 heteroatoms. The fraction of sp³-hybridized carbons (Fsp3) is 0.261. The second-order valence-electron chi connectivity index (χ2n) is 7.37. The van der Waals surface area contributed by atoms with E-state index >= 15 is 0 Å². The summed E-state index contributed by atoms with van der Waals surface area (Å²) in [6.07, 6.45) is 2.70. The lowest BCUT2D eigenvalue weighted by Crippen LogP contribution is -2.38. The van der Waals surface area contributed by atoms with Crippen LogP contribution in [0.4, 0.5) is 13.2 Å². The van der Waals surface area contributed by atoms with Crippen LogP contribution in [0.5, 0.6) is 0 Å². The highest BCUT2D eigenvalue weighted by Crippen LogP contribution is 2.32. The summed E-state index contributed by atoms with van der Waals surface area (Å²) in [5, 5.41) is 8.50. The van der Waals surface area contributed by atoms with Crippen LogP contribution in [0.15, 0.2) is 54.6 Å². The highest BCUT2D eigenvalue weighted by molar-refractivity contribution is 5.92. The zero-order valence-electron chi connectivity index (χ0n) is 17.0. The first-order chi connectivity index (χ1) is 15.3. The van der Waals surface area contributed by atoms with Crippen molar-refractivity contribution < 1.29 is 28.0 Å². The summed E-state index contributed by atoms with van der Waals surface area (Å²) in [7, 11) is 0. The normalized spacial score (nSPS) is 17.1. The van der Waals surface area contributed by atoms with Gasteiger partial charge in [0.2, 0.25) is 5.91 Å². The van der Waals surface area contributed by atoms with E-state index in [9.17, 15) is 22.8 Å². The average molecular weight is 445 g/mol. The molecule has 1 atom stereocenters. The maximum Gasteiger partial charge on any atom is 0.416 e. The molecule has 0 spiro atoms. The van der Waals surface area contributed by atoms with Crippen LogP contribution in [0.2, 0.25) is 0 Å². The molecular weight excluding hydrogens is 423 g/mol. The van der Waals surface area contributed by atoms with Crippen molar-refractivity contribution in [3.63, 3.8) is 0 Å². The van der Waals surface area contributed by atoms with E-state index < -0.39 is 17.6 Å². The number of piperidine rings is 1. The Bertz CT molecular complexity index is 1020. The van der Waals surface area contributed by atoms with Crippen molar-refractivity contribution in [1.82, 2.24) is 15.4 Å². The first kappa shape index (κ1) is 23.2. The van der Waals surface area contributed by atoms with Crippen molar-refractivity contribution in [2.75, 3.05) is 13.1 Å². The highest BCUT2D eigenvalue weighted by atomic mass is 19.4. The Morgan fingerprint density at radius 1 is 1.06 bits per heavy atom. The molecule has 1 aromatic heterocycles. The fourth-order valence-corrected chi connectivity index (χ4v) is 3.51. The van der Waals surface area contributed by atoms with Gasteiger partial charge in [0.25, 0.3) is 5.91 Å². The maximum absolute atomic E-state index is 12.8. The summed E-state index contributed by atoms with van der Waals surface area (Å²) < 4.78 is 38.3. The molecule has 0 radical (unpaired) electrons. The molecule has 3 rings (SSSR count). The van der Waals surface area contributed by atoms with Gasteiger partial charge in [0.05, 0.1) is 17.0 Å². The predicted molar refractivity (Wildman–Crippen MR) is 112 cm³/mol. The summed E-state index contributed by atoms with van der Waals surface area (Å²) in [6.45, 7) is 1.01. The Kier molecular flexibility index (Phi) is 7.42. The quantitative estimate of drug-likeness (QED) is 0.414. The number of carbonyl (C=O) groups is 2. The number of rotatable bonds is 5. The monoisotopic (exact) mass is 445 g/mol. The molecule has 1 unspecified atom stereocenters. The van der Waals surface area contributed by atoms with Gasteiger partial charge in [-0.2, -0.15) is 13.2 Å². The van der Waals surface area contributed by atoms with Crippen molar-refractivity contribution in [1.29, 1.82) is 0 Å². The van der Waals surface area contributed by atoms with Gasteiger partial charge in [0.1, 0.15) is 0 Å². The van der Waals surface area contributed by atoms with Gasteiger partial charge < -0.3 is 4.90 Å². The number of pyridine rings is 1. The van der Waals surface area contributed by atoms with E-state index in [1.54, 1.807) is 29.2 Å². The number of hydroxylamine groups is 1. The van der Waals surface area contributed by atoms with Crippen molar-refractivity contribution in [3.8, 4) is 0 Å². The summed E-state index contributed by atoms with van der Waals surface area (Å²) in [4.78, 5) is 29.7. The largest absolute Gasteiger partial charge is 0.416 e. The van der Waals surface area contributed by atoms with Crippen LogP contribution in [0.3, 0.4) is 0 Å². The zero-order valence-corrected chi connectivity index (χ0v) is 17.0. The third-order valence-electron chi connectivity index (χ3n) is 5.15. The predicted octanol–water partition coefficient (Wildman–Crippen LogP) is 4.04. The molecule has 1 fully saturated rings. The molecule has 0 saturated carbocycles. The van der Waals surface area contributed by atoms with Gasteiger partial charge in [-0.15, -0.1) is 0 Å². The van der Waals surface area contributed by atoms with Crippen molar-refractivity contribution in [3.05, 3.63) is 77.1 Å². The van der Waals surface area contributed by atoms with Crippen molar-refractivity contribution in [2.24, 2.45) is 0 Å². The molecule has 1 aliphatic heterocycles. The number of carbonyl (C=O) groups excluding carboxylic acids is 2. The van der Waals surface area contributed by atoms with Crippen LogP contribution >= 0.6 is 0 Å². The second-order valence-corrected chi connectivity index (χ2v) is 7.37. The molecule has 1 saturated heterocycles. The van der Waals surface area contributed by atoms with Crippen LogP contribution < -0.4 is 5.48 Å². The number of alkyl halides is 3. The minimum absolute atomic E-state index is 0.0207. The minimum Gasteiger partial charge on any atom is -0.339 e. The van der Waals surface area contributed by atoms with Crippen LogP contribution in [-0.2, 0) is 15.8 Å². The Morgan fingerprint density at radius 3 is 2.34 bits per heavy atom. The molecule has 2 heterocycles. The Hall–Kier alpha value is -3.46. The second kappa shape index (κ2) is 10.2. The van der Waals surface area contributed by atoms with Gasteiger partial charge in [-0.1, -0.05) is 18.2 Å². The smallest absolute Gasteiger partial charge is 0.339 e. The molecule has 0 bridgehead atoms. The number of aromatic nitrogens is 1.